The van der Waals surface area contributed by atoms with Crippen LogP contribution in [0.4, 0.5) is 0 Å². The number of aromatic nitrogens is 1. The summed E-state index contributed by atoms with van der Waals surface area (Å²) in [7, 11) is 0. The van der Waals surface area contributed by atoms with Crippen molar-refractivity contribution in [3.63, 3.8) is 0 Å². The molecule has 3 aromatic rings. The maximum atomic E-state index is 10.5. The summed E-state index contributed by atoms with van der Waals surface area (Å²) in [5, 5.41) is 12.2. The number of fused-ring (bicyclic) bond motifs is 1. The van der Waals surface area contributed by atoms with Crippen LogP contribution in [0.15, 0.2) is 54.6 Å². The number of halogens is 1. The van der Waals surface area contributed by atoms with Gasteiger partial charge in [0.1, 0.15) is 6.10 Å². The summed E-state index contributed by atoms with van der Waals surface area (Å²) in [6.45, 7) is 2.03. The number of aliphatic hydroxyl groups excluding tert-OH is 1. The molecule has 1 N–H and O–H groups in total. The van der Waals surface area contributed by atoms with E-state index in [2.05, 4.69) is 4.98 Å². The molecule has 3 heteroatoms. The van der Waals surface area contributed by atoms with E-state index >= 15 is 0 Å². The van der Waals surface area contributed by atoms with E-state index in [1.54, 1.807) is 12.1 Å². The molecule has 0 saturated carbocycles. The van der Waals surface area contributed by atoms with Crippen molar-refractivity contribution in [3.8, 4) is 0 Å². The van der Waals surface area contributed by atoms with Crippen molar-refractivity contribution in [2.45, 2.75) is 13.0 Å². The minimum atomic E-state index is -0.767. The zero-order valence-corrected chi connectivity index (χ0v) is 11.8. The standard InChI is InChI=1S/C17H14ClNO/c1-11-9-16(19-15-8-3-2-7-14(11)15)17(20)12-5-4-6-13(18)10-12/h2-10,17,20H,1H3. The number of para-hydroxylation sites is 1. The lowest BCUT2D eigenvalue weighted by atomic mass is 10.0. The summed E-state index contributed by atoms with van der Waals surface area (Å²) in [6.07, 6.45) is -0.767. The number of benzene rings is 2. The van der Waals surface area contributed by atoms with Gasteiger partial charge in [-0.2, -0.15) is 0 Å². The Hall–Kier alpha value is -1.90. The molecule has 0 aliphatic carbocycles. The van der Waals surface area contributed by atoms with Gasteiger partial charge < -0.3 is 5.11 Å². The van der Waals surface area contributed by atoms with Crippen LogP contribution in [0, 0.1) is 6.92 Å². The van der Waals surface area contributed by atoms with Crippen LogP contribution in [-0.2, 0) is 0 Å². The van der Waals surface area contributed by atoms with E-state index in [0.29, 0.717) is 10.7 Å². The fourth-order valence-electron chi connectivity index (χ4n) is 2.36. The highest BCUT2D eigenvalue weighted by atomic mass is 35.5. The van der Waals surface area contributed by atoms with Crippen molar-refractivity contribution in [3.05, 3.63) is 76.4 Å². The van der Waals surface area contributed by atoms with Crippen molar-refractivity contribution in [2.75, 3.05) is 0 Å². The Morgan fingerprint density at radius 3 is 2.65 bits per heavy atom. The number of rotatable bonds is 2. The van der Waals surface area contributed by atoms with Gasteiger partial charge in [-0.1, -0.05) is 41.9 Å². The maximum absolute atomic E-state index is 10.5. The van der Waals surface area contributed by atoms with Crippen molar-refractivity contribution in [1.82, 2.24) is 4.98 Å². The minimum absolute atomic E-state index is 0.610. The second kappa shape index (κ2) is 5.23. The predicted molar refractivity (Wildman–Crippen MR) is 82.0 cm³/mol. The third-order valence-electron chi connectivity index (χ3n) is 3.39. The van der Waals surface area contributed by atoms with E-state index in [1.807, 2.05) is 49.4 Å². The molecule has 2 aromatic carbocycles. The lowest BCUT2D eigenvalue weighted by Crippen LogP contribution is -2.03. The number of hydrogen-bond acceptors (Lipinski definition) is 2. The van der Waals surface area contributed by atoms with Crippen LogP contribution in [0.2, 0.25) is 5.02 Å². The Balaban J connectivity index is 2.10. The van der Waals surface area contributed by atoms with Gasteiger partial charge in [-0.25, -0.2) is 4.98 Å². The largest absolute Gasteiger partial charge is 0.382 e. The van der Waals surface area contributed by atoms with Crippen LogP contribution in [0.5, 0.6) is 0 Å². The second-order valence-corrected chi connectivity index (χ2v) is 5.28. The van der Waals surface area contributed by atoms with Gasteiger partial charge in [0.05, 0.1) is 11.2 Å². The fraction of sp³-hybridized carbons (Fsp3) is 0.118. The van der Waals surface area contributed by atoms with Gasteiger partial charge in [-0.3, -0.25) is 0 Å². The SMILES string of the molecule is Cc1cc(C(O)c2cccc(Cl)c2)nc2ccccc12. The molecule has 100 valence electrons. The molecule has 0 aliphatic rings. The van der Waals surface area contributed by atoms with Gasteiger partial charge in [-0.05, 0) is 42.3 Å². The normalized spacial score (nSPS) is 12.6. The minimum Gasteiger partial charge on any atom is -0.382 e. The molecule has 0 saturated heterocycles. The molecule has 0 fully saturated rings. The molecule has 2 nitrogen and oxygen atoms in total. The van der Waals surface area contributed by atoms with Gasteiger partial charge in [-0.15, -0.1) is 0 Å². The van der Waals surface area contributed by atoms with Crippen molar-refractivity contribution < 1.29 is 5.11 Å². The quantitative estimate of drug-likeness (QED) is 0.761. The lowest BCUT2D eigenvalue weighted by molar-refractivity contribution is 0.215. The van der Waals surface area contributed by atoms with E-state index in [9.17, 15) is 5.11 Å². The molecule has 3 rings (SSSR count). The first-order valence-electron chi connectivity index (χ1n) is 6.45. The number of hydrogen-bond donors (Lipinski definition) is 1. The molecule has 1 atom stereocenters. The average Bonchev–Trinajstić information content (AvgIpc) is 2.46. The summed E-state index contributed by atoms with van der Waals surface area (Å²) in [5.74, 6) is 0. The summed E-state index contributed by atoms with van der Waals surface area (Å²) in [5.41, 5.74) is 3.39. The van der Waals surface area contributed by atoms with Crippen LogP contribution in [0.3, 0.4) is 0 Å². The third kappa shape index (κ3) is 2.40. The van der Waals surface area contributed by atoms with Crippen molar-refractivity contribution in [2.24, 2.45) is 0 Å². The molecule has 0 aliphatic heterocycles. The van der Waals surface area contributed by atoms with Crippen LogP contribution >= 0.6 is 11.6 Å². The zero-order chi connectivity index (χ0) is 14.1. The highest BCUT2D eigenvalue weighted by molar-refractivity contribution is 6.30. The van der Waals surface area contributed by atoms with Crippen molar-refractivity contribution in [1.29, 1.82) is 0 Å². The molecule has 0 spiro atoms. The topological polar surface area (TPSA) is 33.1 Å². The first kappa shape index (κ1) is 13.1. The highest BCUT2D eigenvalue weighted by Crippen LogP contribution is 2.26. The van der Waals surface area contributed by atoms with E-state index in [4.69, 9.17) is 11.6 Å². The van der Waals surface area contributed by atoms with Gasteiger partial charge in [0.25, 0.3) is 0 Å². The molecular formula is C17H14ClNO. The maximum Gasteiger partial charge on any atom is 0.121 e. The van der Waals surface area contributed by atoms with E-state index in [-0.39, 0.29) is 0 Å². The molecule has 0 amide bonds. The van der Waals surface area contributed by atoms with Gasteiger partial charge in [0, 0.05) is 10.4 Å². The predicted octanol–water partition coefficient (Wildman–Crippen LogP) is 4.28. The van der Waals surface area contributed by atoms with Crippen molar-refractivity contribution >= 4 is 22.5 Å². The highest BCUT2D eigenvalue weighted by Gasteiger charge is 2.14. The van der Waals surface area contributed by atoms with Gasteiger partial charge in [0.2, 0.25) is 0 Å². The fourth-order valence-corrected chi connectivity index (χ4v) is 2.56. The van der Waals surface area contributed by atoms with Gasteiger partial charge in [0.15, 0.2) is 0 Å². The van der Waals surface area contributed by atoms with E-state index in [1.165, 1.54) is 0 Å². The Bertz CT molecular complexity index is 770. The van der Waals surface area contributed by atoms with Crippen LogP contribution < -0.4 is 0 Å². The molecule has 1 unspecified atom stereocenters. The lowest BCUT2D eigenvalue weighted by Gasteiger charge is -2.13. The Morgan fingerprint density at radius 2 is 1.85 bits per heavy atom. The molecule has 0 bridgehead atoms. The Morgan fingerprint density at radius 1 is 1.05 bits per heavy atom. The first-order chi connectivity index (χ1) is 9.65. The smallest absolute Gasteiger partial charge is 0.121 e. The molecule has 1 heterocycles. The molecule has 0 radical (unpaired) electrons. The summed E-state index contributed by atoms with van der Waals surface area (Å²) >= 11 is 5.97. The molecule has 20 heavy (non-hydrogen) atoms. The summed E-state index contributed by atoms with van der Waals surface area (Å²) in [4.78, 5) is 4.55. The van der Waals surface area contributed by atoms with Crippen LogP contribution in [0.25, 0.3) is 10.9 Å². The number of aliphatic hydroxyl groups is 1. The van der Waals surface area contributed by atoms with Crippen LogP contribution in [0.1, 0.15) is 22.9 Å². The number of pyridine rings is 1. The number of nitrogens with zero attached hydrogens (tertiary/aromatic N) is 1. The zero-order valence-electron chi connectivity index (χ0n) is 11.0. The summed E-state index contributed by atoms with van der Waals surface area (Å²) < 4.78 is 0. The molecular weight excluding hydrogens is 270 g/mol. The molecule has 1 aromatic heterocycles. The average molecular weight is 284 g/mol. The monoisotopic (exact) mass is 283 g/mol. The van der Waals surface area contributed by atoms with E-state index < -0.39 is 6.10 Å². The third-order valence-corrected chi connectivity index (χ3v) is 3.62. The Kier molecular flexibility index (Phi) is 3.43. The van der Waals surface area contributed by atoms with E-state index in [0.717, 1.165) is 22.0 Å². The second-order valence-electron chi connectivity index (χ2n) is 4.84. The number of aryl methyl sites for hydroxylation is 1. The Labute approximate surface area is 122 Å². The van der Waals surface area contributed by atoms with Crippen LogP contribution in [-0.4, -0.2) is 10.1 Å². The van der Waals surface area contributed by atoms with Gasteiger partial charge >= 0.3 is 0 Å². The summed E-state index contributed by atoms with van der Waals surface area (Å²) in [6, 6.07) is 17.1. The first-order valence-corrected chi connectivity index (χ1v) is 6.83.